The Morgan fingerprint density at radius 2 is 1.62 bits per heavy atom. The SMILES string of the molecule is O=C(O)C1CCCC(NCC23CC4CC(CC(C4)C2)C3)C1. The average Bonchev–Trinajstić information content (AvgIpc) is 2.44. The summed E-state index contributed by atoms with van der Waals surface area (Å²) in [5.74, 6) is 2.34. The zero-order valence-electron chi connectivity index (χ0n) is 13.0. The Morgan fingerprint density at radius 1 is 1.00 bits per heavy atom. The van der Waals surface area contributed by atoms with Gasteiger partial charge in [-0.2, -0.15) is 0 Å². The molecule has 3 nitrogen and oxygen atoms in total. The summed E-state index contributed by atoms with van der Waals surface area (Å²) >= 11 is 0. The Kier molecular flexibility index (Phi) is 3.52. The molecule has 0 aromatic rings. The summed E-state index contributed by atoms with van der Waals surface area (Å²) in [4.78, 5) is 11.2. The lowest BCUT2D eigenvalue weighted by molar-refractivity contribution is -0.143. The van der Waals surface area contributed by atoms with Crippen LogP contribution in [0, 0.1) is 29.1 Å². The quantitative estimate of drug-likeness (QED) is 0.834. The number of nitrogens with one attached hydrogen (secondary N) is 1. The molecule has 0 aliphatic heterocycles. The minimum atomic E-state index is -0.587. The van der Waals surface area contributed by atoms with Gasteiger partial charge in [-0.25, -0.2) is 0 Å². The van der Waals surface area contributed by atoms with E-state index in [4.69, 9.17) is 0 Å². The van der Waals surface area contributed by atoms with Crippen LogP contribution >= 0.6 is 0 Å². The average molecular weight is 291 g/mol. The second-order valence-electron chi connectivity index (χ2n) is 8.70. The lowest BCUT2D eigenvalue weighted by Crippen LogP contribution is -2.52. The third kappa shape index (κ3) is 2.74. The summed E-state index contributed by atoms with van der Waals surface area (Å²) in [5.41, 5.74) is 0.574. The van der Waals surface area contributed by atoms with Crippen LogP contribution < -0.4 is 5.32 Å². The molecule has 2 unspecified atom stereocenters. The van der Waals surface area contributed by atoms with Gasteiger partial charge in [0.1, 0.15) is 0 Å². The fourth-order valence-electron chi connectivity index (χ4n) is 6.47. The first kappa shape index (κ1) is 14.0. The molecule has 0 heterocycles. The van der Waals surface area contributed by atoms with E-state index >= 15 is 0 Å². The second kappa shape index (κ2) is 5.26. The Bertz CT molecular complexity index is 384. The predicted molar refractivity (Wildman–Crippen MR) is 82.0 cm³/mol. The van der Waals surface area contributed by atoms with Crippen LogP contribution in [0.3, 0.4) is 0 Å². The van der Waals surface area contributed by atoms with Crippen molar-refractivity contribution in [2.75, 3.05) is 6.54 Å². The lowest BCUT2D eigenvalue weighted by atomic mass is 9.49. The van der Waals surface area contributed by atoms with Crippen LogP contribution in [0.25, 0.3) is 0 Å². The number of carboxylic acid groups (broad SMARTS) is 1. The predicted octanol–water partition coefficient (Wildman–Crippen LogP) is 3.44. The van der Waals surface area contributed by atoms with Crippen molar-refractivity contribution in [3.05, 3.63) is 0 Å². The number of hydrogen-bond donors (Lipinski definition) is 2. The molecule has 3 heteroatoms. The van der Waals surface area contributed by atoms with Gasteiger partial charge in [0.05, 0.1) is 5.92 Å². The zero-order chi connectivity index (χ0) is 14.4. The van der Waals surface area contributed by atoms with E-state index in [0.717, 1.165) is 43.6 Å². The van der Waals surface area contributed by atoms with Gasteiger partial charge < -0.3 is 10.4 Å². The molecule has 0 aromatic carbocycles. The van der Waals surface area contributed by atoms with Crippen molar-refractivity contribution >= 4 is 5.97 Å². The summed E-state index contributed by atoms with van der Waals surface area (Å²) in [5, 5.41) is 13.0. The van der Waals surface area contributed by atoms with Gasteiger partial charge in [0.2, 0.25) is 0 Å². The lowest BCUT2D eigenvalue weighted by Gasteiger charge is -2.57. The first-order chi connectivity index (χ1) is 10.1. The maximum absolute atomic E-state index is 11.2. The summed E-state index contributed by atoms with van der Waals surface area (Å²) < 4.78 is 0. The maximum atomic E-state index is 11.2. The van der Waals surface area contributed by atoms with E-state index in [1.165, 1.54) is 44.9 Å². The normalized spacial score (nSPS) is 48.5. The molecule has 0 aromatic heterocycles. The van der Waals surface area contributed by atoms with Gasteiger partial charge in [-0.05, 0) is 81.0 Å². The highest BCUT2D eigenvalue weighted by molar-refractivity contribution is 5.70. The van der Waals surface area contributed by atoms with Gasteiger partial charge in [0, 0.05) is 12.6 Å². The molecule has 118 valence electrons. The van der Waals surface area contributed by atoms with Gasteiger partial charge in [-0.3, -0.25) is 4.79 Å². The molecule has 0 radical (unpaired) electrons. The molecule has 2 atom stereocenters. The first-order valence-corrected chi connectivity index (χ1v) is 9.08. The fourth-order valence-corrected chi connectivity index (χ4v) is 6.47. The van der Waals surface area contributed by atoms with Crippen molar-refractivity contribution in [1.29, 1.82) is 0 Å². The van der Waals surface area contributed by atoms with Crippen molar-refractivity contribution in [2.24, 2.45) is 29.1 Å². The number of carbonyl (C=O) groups is 1. The highest BCUT2D eigenvalue weighted by atomic mass is 16.4. The molecule has 0 saturated heterocycles. The Morgan fingerprint density at radius 3 is 2.19 bits per heavy atom. The molecular weight excluding hydrogens is 262 g/mol. The van der Waals surface area contributed by atoms with Crippen LogP contribution in [0.4, 0.5) is 0 Å². The highest BCUT2D eigenvalue weighted by Gasteiger charge is 2.50. The topological polar surface area (TPSA) is 49.3 Å². The van der Waals surface area contributed by atoms with E-state index in [2.05, 4.69) is 5.32 Å². The van der Waals surface area contributed by atoms with E-state index in [9.17, 15) is 9.90 Å². The minimum absolute atomic E-state index is 0.104. The van der Waals surface area contributed by atoms with E-state index in [0.29, 0.717) is 11.5 Å². The van der Waals surface area contributed by atoms with E-state index in [1.807, 2.05) is 0 Å². The number of carboxylic acids is 1. The van der Waals surface area contributed by atoms with Crippen molar-refractivity contribution in [3.63, 3.8) is 0 Å². The van der Waals surface area contributed by atoms with Crippen molar-refractivity contribution < 1.29 is 9.90 Å². The molecule has 0 amide bonds. The van der Waals surface area contributed by atoms with Crippen molar-refractivity contribution in [1.82, 2.24) is 5.32 Å². The molecule has 5 aliphatic rings. The van der Waals surface area contributed by atoms with Crippen LogP contribution in [-0.4, -0.2) is 23.7 Å². The molecular formula is C18H29NO2. The van der Waals surface area contributed by atoms with Crippen molar-refractivity contribution in [2.45, 2.75) is 70.3 Å². The summed E-state index contributed by atoms with van der Waals surface area (Å²) in [7, 11) is 0. The maximum Gasteiger partial charge on any atom is 0.306 e. The van der Waals surface area contributed by atoms with Gasteiger partial charge in [0.25, 0.3) is 0 Å². The van der Waals surface area contributed by atoms with Gasteiger partial charge in [-0.15, -0.1) is 0 Å². The molecule has 21 heavy (non-hydrogen) atoms. The standard InChI is InChI=1S/C18H29NO2/c20-17(21)15-2-1-3-16(7-15)19-11-18-8-12-4-13(9-18)6-14(5-12)10-18/h12-16,19H,1-11H2,(H,20,21). The minimum Gasteiger partial charge on any atom is -0.481 e. The van der Waals surface area contributed by atoms with Crippen LogP contribution in [0.5, 0.6) is 0 Å². The monoisotopic (exact) mass is 291 g/mol. The first-order valence-electron chi connectivity index (χ1n) is 9.08. The van der Waals surface area contributed by atoms with Crippen LogP contribution in [0.1, 0.15) is 64.2 Å². The molecule has 5 aliphatic carbocycles. The summed E-state index contributed by atoms with van der Waals surface area (Å²) in [6, 6.07) is 0.452. The Labute approximate surface area is 127 Å². The zero-order valence-corrected chi connectivity index (χ0v) is 13.0. The molecule has 5 fully saturated rings. The van der Waals surface area contributed by atoms with Gasteiger partial charge in [0.15, 0.2) is 0 Å². The number of hydrogen-bond acceptors (Lipinski definition) is 2. The number of rotatable bonds is 4. The van der Waals surface area contributed by atoms with E-state index in [-0.39, 0.29) is 5.92 Å². The summed E-state index contributed by atoms with van der Waals surface area (Å²) in [6.07, 6.45) is 12.8. The van der Waals surface area contributed by atoms with Crippen LogP contribution in [0.2, 0.25) is 0 Å². The van der Waals surface area contributed by atoms with E-state index in [1.54, 1.807) is 0 Å². The molecule has 0 spiro atoms. The Balaban J connectivity index is 1.35. The molecule has 2 N–H and O–H groups in total. The summed E-state index contributed by atoms with van der Waals surface area (Å²) in [6.45, 7) is 1.16. The molecule has 4 bridgehead atoms. The van der Waals surface area contributed by atoms with Crippen LogP contribution in [0.15, 0.2) is 0 Å². The largest absolute Gasteiger partial charge is 0.481 e. The molecule has 5 saturated carbocycles. The van der Waals surface area contributed by atoms with Crippen molar-refractivity contribution in [3.8, 4) is 0 Å². The second-order valence-corrected chi connectivity index (χ2v) is 8.70. The third-order valence-corrected chi connectivity index (χ3v) is 6.95. The van der Waals surface area contributed by atoms with E-state index < -0.39 is 5.97 Å². The molecule has 5 rings (SSSR count). The third-order valence-electron chi connectivity index (χ3n) is 6.95. The number of aliphatic carboxylic acids is 1. The smallest absolute Gasteiger partial charge is 0.306 e. The Hall–Kier alpha value is -0.570. The highest BCUT2D eigenvalue weighted by Crippen LogP contribution is 2.59. The van der Waals surface area contributed by atoms with Crippen LogP contribution in [-0.2, 0) is 4.79 Å². The van der Waals surface area contributed by atoms with Gasteiger partial charge in [-0.1, -0.05) is 6.42 Å². The fraction of sp³-hybridized carbons (Fsp3) is 0.944. The van der Waals surface area contributed by atoms with Gasteiger partial charge >= 0.3 is 5.97 Å².